The maximum Gasteiger partial charge on any atom is 0.410 e. The third kappa shape index (κ3) is 4.33. The second-order valence-corrected chi connectivity index (χ2v) is 5.24. The van der Waals surface area contributed by atoms with E-state index in [0.29, 0.717) is 12.1 Å². The van der Waals surface area contributed by atoms with E-state index in [-0.39, 0.29) is 18.7 Å². The number of nitriles is 1. The predicted octanol–water partition coefficient (Wildman–Crippen LogP) is 4.28. The molecule has 2 aromatic carbocycles. The van der Waals surface area contributed by atoms with Crippen LogP contribution in [0.15, 0.2) is 54.6 Å². The highest BCUT2D eigenvalue weighted by Crippen LogP contribution is 2.21. The number of carbonyl (C=O) groups is 1. The molecule has 0 aliphatic carbocycles. The summed E-state index contributed by atoms with van der Waals surface area (Å²) in [6.45, 7) is 4.68. The van der Waals surface area contributed by atoms with Crippen molar-refractivity contribution in [3.8, 4) is 6.07 Å². The Bertz CT molecular complexity index is 675. The maximum atomic E-state index is 12.3. The Balaban J connectivity index is 2.02. The van der Waals surface area contributed by atoms with Gasteiger partial charge >= 0.3 is 6.09 Å². The third-order valence-electron chi connectivity index (χ3n) is 3.77. The van der Waals surface area contributed by atoms with Crippen LogP contribution in [0.5, 0.6) is 0 Å². The van der Waals surface area contributed by atoms with Gasteiger partial charge in [0.15, 0.2) is 0 Å². The first-order chi connectivity index (χ1) is 11.2. The van der Waals surface area contributed by atoms with Crippen LogP contribution in [0.4, 0.5) is 4.79 Å². The summed E-state index contributed by atoms with van der Waals surface area (Å²) in [4.78, 5) is 14.0. The van der Waals surface area contributed by atoms with Gasteiger partial charge in [0.1, 0.15) is 6.61 Å². The molecule has 2 aromatic rings. The molecule has 0 aliphatic rings. The minimum absolute atomic E-state index is 0.115. The van der Waals surface area contributed by atoms with E-state index in [4.69, 9.17) is 10.00 Å². The van der Waals surface area contributed by atoms with Crippen molar-refractivity contribution in [2.75, 3.05) is 6.54 Å². The standard InChI is InChI=1S/C19H20N2O2/c1-3-21(15(2)18-11-9-16(13-20)10-12-18)19(22)23-14-17-7-5-4-6-8-17/h4-12,15H,3,14H2,1-2H3. The molecule has 0 N–H and O–H groups in total. The molecule has 1 amide bonds. The lowest BCUT2D eigenvalue weighted by Crippen LogP contribution is -2.33. The summed E-state index contributed by atoms with van der Waals surface area (Å²) in [5.41, 5.74) is 2.54. The molecule has 0 fully saturated rings. The van der Waals surface area contributed by atoms with Crippen LogP contribution in [0.3, 0.4) is 0 Å². The molecule has 0 bridgehead atoms. The molecule has 118 valence electrons. The van der Waals surface area contributed by atoms with Gasteiger partial charge in [-0.15, -0.1) is 0 Å². The van der Waals surface area contributed by atoms with Crippen LogP contribution >= 0.6 is 0 Å². The lowest BCUT2D eigenvalue weighted by molar-refractivity contribution is 0.0852. The molecule has 4 heteroatoms. The van der Waals surface area contributed by atoms with E-state index in [1.54, 1.807) is 17.0 Å². The number of nitrogens with zero attached hydrogens (tertiary/aromatic N) is 2. The lowest BCUT2D eigenvalue weighted by atomic mass is 10.1. The van der Waals surface area contributed by atoms with Gasteiger partial charge in [-0.25, -0.2) is 4.79 Å². The van der Waals surface area contributed by atoms with E-state index < -0.39 is 0 Å². The van der Waals surface area contributed by atoms with Gasteiger partial charge in [-0.05, 0) is 37.1 Å². The fraction of sp³-hybridized carbons (Fsp3) is 0.263. The molecule has 0 aromatic heterocycles. The SMILES string of the molecule is CCN(C(=O)OCc1ccccc1)C(C)c1ccc(C#N)cc1. The van der Waals surface area contributed by atoms with E-state index in [1.807, 2.05) is 56.3 Å². The van der Waals surface area contributed by atoms with Gasteiger partial charge < -0.3 is 9.64 Å². The van der Waals surface area contributed by atoms with Crippen molar-refractivity contribution >= 4 is 6.09 Å². The number of hydrogen-bond donors (Lipinski definition) is 0. The summed E-state index contributed by atoms with van der Waals surface area (Å²) in [7, 11) is 0. The Morgan fingerprint density at radius 2 is 1.83 bits per heavy atom. The molecule has 4 nitrogen and oxygen atoms in total. The fourth-order valence-corrected chi connectivity index (χ4v) is 2.38. The summed E-state index contributed by atoms with van der Waals surface area (Å²) >= 11 is 0. The molecule has 1 atom stereocenters. The van der Waals surface area contributed by atoms with Crippen LogP contribution in [0.2, 0.25) is 0 Å². The second kappa shape index (κ2) is 8.00. The second-order valence-electron chi connectivity index (χ2n) is 5.24. The van der Waals surface area contributed by atoms with Crippen LogP contribution < -0.4 is 0 Å². The summed E-state index contributed by atoms with van der Waals surface area (Å²) in [6.07, 6.45) is -0.340. The van der Waals surface area contributed by atoms with Crippen LogP contribution in [0.1, 0.15) is 36.6 Å². The minimum Gasteiger partial charge on any atom is -0.445 e. The van der Waals surface area contributed by atoms with Gasteiger partial charge in [0.2, 0.25) is 0 Å². The van der Waals surface area contributed by atoms with Gasteiger partial charge in [-0.1, -0.05) is 42.5 Å². The minimum atomic E-state index is -0.340. The Morgan fingerprint density at radius 1 is 1.17 bits per heavy atom. The Kier molecular flexibility index (Phi) is 5.76. The van der Waals surface area contributed by atoms with Gasteiger partial charge in [-0.3, -0.25) is 0 Å². The first-order valence-electron chi connectivity index (χ1n) is 7.63. The largest absolute Gasteiger partial charge is 0.445 e. The van der Waals surface area contributed by atoms with E-state index in [1.165, 1.54) is 0 Å². The predicted molar refractivity (Wildman–Crippen MR) is 88.6 cm³/mol. The van der Waals surface area contributed by atoms with E-state index >= 15 is 0 Å². The molecule has 0 aliphatic heterocycles. The number of benzene rings is 2. The third-order valence-corrected chi connectivity index (χ3v) is 3.77. The summed E-state index contributed by atoms with van der Waals surface area (Å²) in [6, 6.07) is 18.8. The van der Waals surface area contributed by atoms with E-state index in [2.05, 4.69) is 6.07 Å². The monoisotopic (exact) mass is 308 g/mol. The first kappa shape index (κ1) is 16.6. The Morgan fingerprint density at radius 3 is 2.39 bits per heavy atom. The zero-order valence-corrected chi connectivity index (χ0v) is 13.4. The quantitative estimate of drug-likeness (QED) is 0.828. The average Bonchev–Trinajstić information content (AvgIpc) is 2.61. The maximum absolute atomic E-state index is 12.3. The molecule has 1 unspecified atom stereocenters. The molecule has 2 rings (SSSR count). The number of carbonyl (C=O) groups excluding carboxylic acids is 1. The van der Waals surface area contributed by atoms with Crippen molar-refractivity contribution in [2.24, 2.45) is 0 Å². The molecule has 23 heavy (non-hydrogen) atoms. The molecule has 0 spiro atoms. The van der Waals surface area contributed by atoms with Gasteiger partial charge in [0.05, 0.1) is 17.7 Å². The molecular weight excluding hydrogens is 288 g/mol. The normalized spacial score (nSPS) is 11.3. The molecular formula is C19H20N2O2. The number of amides is 1. The molecule has 0 saturated heterocycles. The van der Waals surface area contributed by atoms with Crippen molar-refractivity contribution in [1.29, 1.82) is 5.26 Å². The Hall–Kier alpha value is -2.80. The summed E-state index contributed by atoms with van der Waals surface area (Å²) in [5, 5.41) is 8.85. The van der Waals surface area contributed by atoms with Crippen molar-refractivity contribution in [2.45, 2.75) is 26.5 Å². The van der Waals surface area contributed by atoms with Crippen molar-refractivity contribution < 1.29 is 9.53 Å². The van der Waals surface area contributed by atoms with Gasteiger partial charge in [0, 0.05) is 6.54 Å². The topological polar surface area (TPSA) is 53.3 Å². The highest BCUT2D eigenvalue weighted by atomic mass is 16.6. The van der Waals surface area contributed by atoms with E-state index in [0.717, 1.165) is 11.1 Å². The van der Waals surface area contributed by atoms with Gasteiger partial charge in [0.25, 0.3) is 0 Å². The highest BCUT2D eigenvalue weighted by Gasteiger charge is 2.21. The van der Waals surface area contributed by atoms with Crippen LogP contribution in [0, 0.1) is 11.3 Å². The number of hydrogen-bond acceptors (Lipinski definition) is 3. The number of rotatable bonds is 5. The fourth-order valence-electron chi connectivity index (χ4n) is 2.38. The first-order valence-corrected chi connectivity index (χ1v) is 7.63. The zero-order chi connectivity index (χ0) is 16.7. The van der Waals surface area contributed by atoms with Crippen LogP contribution in [-0.4, -0.2) is 17.5 Å². The smallest absolute Gasteiger partial charge is 0.410 e. The summed E-state index contributed by atoms with van der Waals surface area (Å²) in [5.74, 6) is 0. The highest BCUT2D eigenvalue weighted by molar-refractivity contribution is 5.68. The number of ether oxygens (including phenoxy) is 1. The van der Waals surface area contributed by atoms with Crippen molar-refractivity contribution in [3.05, 3.63) is 71.3 Å². The average molecular weight is 308 g/mol. The van der Waals surface area contributed by atoms with Crippen molar-refractivity contribution in [3.63, 3.8) is 0 Å². The van der Waals surface area contributed by atoms with E-state index in [9.17, 15) is 4.79 Å². The van der Waals surface area contributed by atoms with Gasteiger partial charge in [-0.2, -0.15) is 5.26 Å². The van der Waals surface area contributed by atoms with Crippen molar-refractivity contribution in [1.82, 2.24) is 4.90 Å². The summed E-state index contributed by atoms with van der Waals surface area (Å²) < 4.78 is 5.40. The van der Waals surface area contributed by atoms with Crippen LogP contribution in [0.25, 0.3) is 0 Å². The molecule has 0 saturated carbocycles. The molecule has 0 heterocycles. The lowest BCUT2D eigenvalue weighted by Gasteiger charge is -2.27. The Labute approximate surface area is 136 Å². The van der Waals surface area contributed by atoms with Crippen LogP contribution in [-0.2, 0) is 11.3 Å². The molecule has 0 radical (unpaired) electrons. The zero-order valence-electron chi connectivity index (χ0n) is 13.4.